The molecule has 32 heavy (non-hydrogen) atoms. The van der Waals surface area contributed by atoms with Gasteiger partial charge in [0, 0.05) is 57.2 Å². The van der Waals surface area contributed by atoms with E-state index in [0.29, 0.717) is 26.2 Å². The van der Waals surface area contributed by atoms with E-state index in [4.69, 9.17) is 18.9 Å². The summed E-state index contributed by atoms with van der Waals surface area (Å²) in [5.41, 5.74) is -0.873. The third-order valence-corrected chi connectivity index (χ3v) is 8.11. The van der Waals surface area contributed by atoms with Gasteiger partial charge in [-0.2, -0.15) is 0 Å². The number of fused-ring (bicyclic) bond motifs is 2. The van der Waals surface area contributed by atoms with Gasteiger partial charge < -0.3 is 24.1 Å². The number of aliphatic hydroxyl groups is 1. The third-order valence-electron chi connectivity index (χ3n) is 8.11. The maximum Gasteiger partial charge on any atom is 0.311 e. The van der Waals surface area contributed by atoms with Crippen LogP contribution in [0.1, 0.15) is 40.5 Å². The Morgan fingerprint density at radius 1 is 1.16 bits per heavy atom. The Hall–Kier alpha value is -1.71. The van der Waals surface area contributed by atoms with Crippen molar-refractivity contribution in [1.29, 1.82) is 0 Å². The van der Waals surface area contributed by atoms with Crippen LogP contribution < -0.4 is 0 Å². The smallest absolute Gasteiger partial charge is 0.311 e. The van der Waals surface area contributed by atoms with Crippen LogP contribution in [-0.4, -0.2) is 85.2 Å². The molecule has 2 heterocycles. The Morgan fingerprint density at radius 2 is 1.81 bits per heavy atom. The fourth-order valence-electron chi connectivity index (χ4n) is 6.85. The van der Waals surface area contributed by atoms with Crippen LogP contribution in [-0.2, 0) is 33.3 Å². The highest BCUT2D eigenvalue weighted by Crippen LogP contribution is 2.59. The molecular formula is C23H35NO8. The SMILES string of the molecule is CC(=O)OC1CC(O)C2(C)C(OC(C)=O)C3C(CC(C)C12)OC(=O)C3CN1CCOCC1. The van der Waals surface area contributed by atoms with Crippen molar-refractivity contribution in [3.05, 3.63) is 0 Å². The summed E-state index contributed by atoms with van der Waals surface area (Å²) in [5, 5.41) is 11.3. The lowest BCUT2D eigenvalue weighted by atomic mass is 9.66. The molecule has 180 valence electrons. The molecule has 9 atom stereocenters. The van der Waals surface area contributed by atoms with Crippen molar-refractivity contribution in [3.63, 3.8) is 0 Å². The standard InChI is InChI=1S/C23H35NO8/c1-12-9-16-19(15(22(28)32-16)11-24-5-7-29-8-6-24)21(31-14(3)26)23(4)18(27)10-17(20(12)23)30-13(2)25/h12,15-21,27H,5-11H2,1-4H3. The molecule has 0 amide bonds. The third kappa shape index (κ3) is 4.03. The number of carbonyl (C=O) groups is 3. The zero-order valence-corrected chi connectivity index (χ0v) is 19.3. The fraction of sp³-hybridized carbons (Fsp3) is 0.870. The van der Waals surface area contributed by atoms with Gasteiger partial charge in [-0.25, -0.2) is 0 Å². The molecule has 0 spiro atoms. The van der Waals surface area contributed by atoms with Gasteiger partial charge in [0.1, 0.15) is 18.3 Å². The Labute approximate surface area is 188 Å². The van der Waals surface area contributed by atoms with Crippen molar-refractivity contribution in [2.75, 3.05) is 32.8 Å². The van der Waals surface area contributed by atoms with Gasteiger partial charge in [0.05, 0.1) is 25.2 Å². The van der Waals surface area contributed by atoms with Crippen molar-refractivity contribution in [2.24, 2.45) is 29.1 Å². The average molecular weight is 454 g/mol. The summed E-state index contributed by atoms with van der Waals surface area (Å²) in [4.78, 5) is 39.2. The van der Waals surface area contributed by atoms with E-state index in [0.717, 1.165) is 13.1 Å². The lowest BCUT2D eigenvalue weighted by Gasteiger charge is -2.44. The van der Waals surface area contributed by atoms with Crippen LogP contribution in [0.3, 0.4) is 0 Å². The van der Waals surface area contributed by atoms with E-state index < -0.39 is 47.7 Å². The van der Waals surface area contributed by atoms with Gasteiger partial charge in [-0.05, 0) is 12.3 Å². The highest BCUT2D eigenvalue weighted by Gasteiger charge is 2.67. The summed E-state index contributed by atoms with van der Waals surface area (Å²) in [6, 6.07) is 0. The second-order valence-electron chi connectivity index (χ2n) is 10.1. The minimum absolute atomic E-state index is 0.00973. The first-order chi connectivity index (χ1) is 15.1. The molecule has 4 aliphatic rings. The van der Waals surface area contributed by atoms with Gasteiger partial charge in [-0.15, -0.1) is 0 Å². The Balaban J connectivity index is 1.72. The molecule has 0 aromatic heterocycles. The summed E-state index contributed by atoms with van der Waals surface area (Å²) < 4.78 is 22.8. The van der Waals surface area contributed by atoms with Crippen LogP contribution in [0.5, 0.6) is 0 Å². The van der Waals surface area contributed by atoms with Crippen molar-refractivity contribution >= 4 is 17.9 Å². The molecule has 2 saturated carbocycles. The second-order valence-corrected chi connectivity index (χ2v) is 10.1. The van der Waals surface area contributed by atoms with Crippen LogP contribution in [0.25, 0.3) is 0 Å². The zero-order chi connectivity index (χ0) is 23.2. The van der Waals surface area contributed by atoms with E-state index in [1.54, 1.807) is 0 Å². The lowest BCUT2D eigenvalue weighted by molar-refractivity contribution is -0.174. The zero-order valence-electron chi connectivity index (χ0n) is 19.3. The molecule has 9 nitrogen and oxygen atoms in total. The van der Waals surface area contributed by atoms with Crippen molar-refractivity contribution in [2.45, 2.75) is 65.0 Å². The van der Waals surface area contributed by atoms with Gasteiger partial charge in [-0.3, -0.25) is 19.3 Å². The molecule has 0 aromatic rings. The number of hydrogen-bond donors (Lipinski definition) is 1. The lowest BCUT2D eigenvalue weighted by Crippen LogP contribution is -2.53. The van der Waals surface area contributed by atoms with Crippen molar-refractivity contribution < 1.29 is 38.4 Å². The second kappa shape index (κ2) is 8.91. The van der Waals surface area contributed by atoms with E-state index >= 15 is 0 Å². The summed E-state index contributed by atoms with van der Waals surface area (Å²) in [7, 11) is 0. The monoisotopic (exact) mass is 453 g/mol. The van der Waals surface area contributed by atoms with E-state index in [1.807, 2.05) is 13.8 Å². The Bertz CT molecular complexity index is 752. The molecule has 2 aliphatic heterocycles. The molecule has 4 fully saturated rings. The molecule has 2 saturated heterocycles. The summed E-state index contributed by atoms with van der Waals surface area (Å²) in [6.45, 7) is 9.84. The molecule has 9 heteroatoms. The molecule has 0 aromatic carbocycles. The number of nitrogens with zero attached hydrogens (tertiary/aromatic N) is 1. The van der Waals surface area contributed by atoms with Crippen LogP contribution in [0.4, 0.5) is 0 Å². The van der Waals surface area contributed by atoms with Crippen LogP contribution >= 0.6 is 0 Å². The van der Waals surface area contributed by atoms with Gasteiger partial charge in [0.2, 0.25) is 0 Å². The van der Waals surface area contributed by atoms with Crippen molar-refractivity contribution in [1.82, 2.24) is 4.90 Å². The van der Waals surface area contributed by atoms with Crippen LogP contribution in [0.2, 0.25) is 0 Å². The average Bonchev–Trinajstić information content (AvgIpc) is 3.10. The summed E-state index contributed by atoms with van der Waals surface area (Å²) >= 11 is 0. The van der Waals surface area contributed by atoms with E-state index in [2.05, 4.69) is 4.90 Å². The van der Waals surface area contributed by atoms with Gasteiger partial charge in [0.25, 0.3) is 0 Å². The van der Waals surface area contributed by atoms with Gasteiger partial charge in [0.15, 0.2) is 0 Å². The predicted molar refractivity (Wildman–Crippen MR) is 111 cm³/mol. The number of esters is 3. The number of morpholine rings is 1. The number of ether oxygens (including phenoxy) is 4. The number of hydrogen-bond acceptors (Lipinski definition) is 9. The Kier molecular flexibility index (Phi) is 6.53. The summed E-state index contributed by atoms with van der Waals surface area (Å²) in [6.07, 6.45) is -1.62. The molecule has 4 rings (SSSR count). The number of carbonyl (C=O) groups excluding carboxylic acids is 3. The number of aliphatic hydroxyl groups excluding tert-OH is 1. The van der Waals surface area contributed by atoms with Gasteiger partial charge in [-0.1, -0.05) is 13.8 Å². The molecule has 1 N–H and O–H groups in total. The predicted octanol–water partition coefficient (Wildman–Crippen LogP) is 0.767. The highest BCUT2D eigenvalue weighted by molar-refractivity contribution is 5.76. The van der Waals surface area contributed by atoms with Crippen LogP contribution in [0.15, 0.2) is 0 Å². The Morgan fingerprint density at radius 3 is 2.44 bits per heavy atom. The maximum absolute atomic E-state index is 13.0. The normalized spacial score (nSPS) is 44.2. The van der Waals surface area contributed by atoms with E-state index in [-0.39, 0.29) is 30.1 Å². The van der Waals surface area contributed by atoms with Crippen LogP contribution in [0, 0.1) is 29.1 Å². The fourth-order valence-corrected chi connectivity index (χ4v) is 6.85. The molecular weight excluding hydrogens is 418 g/mol. The minimum Gasteiger partial charge on any atom is -0.462 e. The minimum atomic E-state index is -0.873. The first-order valence-corrected chi connectivity index (χ1v) is 11.7. The topological polar surface area (TPSA) is 112 Å². The molecule has 2 aliphatic carbocycles. The van der Waals surface area contributed by atoms with E-state index in [9.17, 15) is 19.5 Å². The molecule has 0 radical (unpaired) electrons. The number of rotatable bonds is 4. The first kappa shape index (κ1) is 23.4. The van der Waals surface area contributed by atoms with Crippen molar-refractivity contribution in [3.8, 4) is 0 Å². The maximum atomic E-state index is 13.0. The molecule has 9 unspecified atom stereocenters. The largest absolute Gasteiger partial charge is 0.462 e. The van der Waals surface area contributed by atoms with E-state index in [1.165, 1.54) is 13.8 Å². The quantitative estimate of drug-likeness (QED) is 0.487. The first-order valence-electron chi connectivity index (χ1n) is 11.7. The van der Waals surface area contributed by atoms with Gasteiger partial charge >= 0.3 is 17.9 Å². The highest BCUT2D eigenvalue weighted by atomic mass is 16.6. The summed E-state index contributed by atoms with van der Waals surface area (Å²) in [5.74, 6) is -2.22. The molecule has 0 bridgehead atoms.